The van der Waals surface area contributed by atoms with Gasteiger partial charge in [0.15, 0.2) is 16.9 Å². The lowest BCUT2D eigenvalue weighted by Gasteiger charge is -2.12. The van der Waals surface area contributed by atoms with Gasteiger partial charge in [-0.3, -0.25) is 4.79 Å². The minimum atomic E-state index is -0.563. The number of benzene rings is 2. The molecule has 7 nitrogen and oxygen atoms in total. The van der Waals surface area contributed by atoms with Crippen LogP contribution in [0.15, 0.2) is 39.5 Å². The quantitative estimate of drug-likeness (QED) is 0.677. The summed E-state index contributed by atoms with van der Waals surface area (Å²) < 4.78 is 15.8. The van der Waals surface area contributed by atoms with Crippen molar-refractivity contribution in [2.24, 2.45) is 0 Å². The van der Waals surface area contributed by atoms with Crippen LogP contribution in [-0.4, -0.2) is 29.5 Å². The summed E-state index contributed by atoms with van der Waals surface area (Å²) in [5, 5.41) is 30.0. The average Bonchev–Trinajstić information content (AvgIpc) is 2.53. The maximum atomic E-state index is 12.4. The molecule has 0 aliphatic heterocycles. The summed E-state index contributed by atoms with van der Waals surface area (Å²) in [7, 11) is 2.71. The van der Waals surface area contributed by atoms with Crippen molar-refractivity contribution in [1.29, 1.82) is 0 Å². The molecule has 0 radical (unpaired) electrons. The van der Waals surface area contributed by atoms with Crippen LogP contribution in [0.3, 0.4) is 0 Å². The summed E-state index contributed by atoms with van der Waals surface area (Å²) in [4.78, 5) is 12.4. The fraction of sp³-hybridized carbons (Fsp3) is 0.118. The first-order chi connectivity index (χ1) is 11.5. The molecule has 0 saturated carbocycles. The molecule has 0 atom stereocenters. The summed E-state index contributed by atoms with van der Waals surface area (Å²) in [5.41, 5.74) is -0.562. The number of methoxy groups -OCH3 is 2. The van der Waals surface area contributed by atoms with E-state index in [-0.39, 0.29) is 45.3 Å². The van der Waals surface area contributed by atoms with Crippen LogP contribution in [0.4, 0.5) is 0 Å². The molecule has 0 aliphatic carbocycles. The molecule has 3 rings (SSSR count). The number of aromatic hydroxyl groups is 3. The Balaban J connectivity index is 2.38. The molecule has 0 unspecified atom stereocenters. The average molecular weight is 330 g/mol. The van der Waals surface area contributed by atoms with E-state index in [0.717, 1.165) is 6.07 Å². The fourth-order valence-corrected chi connectivity index (χ4v) is 2.51. The number of fused-ring (bicyclic) bond motifs is 1. The van der Waals surface area contributed by atoms with E-state index in [4.69, 9.17) is 13.9 Å². The van der Waals surface area contributed by atoms with Gasteiger partial charge in [0.25, 0.3) is 0 Å². The van der Waals surface area contributed by atoms with E-state index in [1.54, 1.807) is 0 Å². The molecule has 3 N–H and O–H groups in total. The topological polar surface area (TPSA) is 109 Å². The Kier molecular flexibility index (Phi) is 3.69. The van der Waals surface area contributed by atoms with Gasteiger partial charge in [0.1, 0.15) is 33.8 Å². The standard InChI is InChI=1S/C17H14O7/c1-22-13-7-12-15(16(21)17(13)23-2)10(20)6-11(24-12)14-8(18)4-3-5-9(14)19/h3-7,18-19,21H,1-2H3. The predicted molar refractivity (Wildman–Crippen MR) is 86.0 cm³/mol. The molecular formula is C17H14O7. The SMILES string of the molecule is COc1cc2oc(-c3c(O)cccc3O)cc(=O)c2c(O)c1OC. The zero-order chi connectivity index (χ0) is 17.4. The van der Waals surface area contributed by atoms with Gasteiger partial charge in [0.05, 0.1) is 14.2 Å². The van der Waals surface area contributed by atoms with E-state index in [1.807, 2.05) is 0 Å². The molecule has 7 heteroatoms. The first-order valence-electron chi connectivity index (χ1n) is 6.91. The van der Waals surface area contributed by atoms with E-state index in [0.29, 0.717) is 0 Å². The monoisotopic (exact) mass is 330 g/mol. The zero-order valence-corrected chi connectivity index (χ0v) is 12.9. The molecule has 124 valence electrons. The van der Waals surface area contributed by atoms with Crippen molar-refractivity contribution in [3.05, 3.63) is 40.6 Å². The van der Waals surface area contributed by atoms with Gasteiger partial charge in [0.2, 0.25) is 5.75 Å². The number of ether oxygens (including phenoxy) is 2. The maximum absolute atomic E-state index is 12.4. The zero-order valence-electron chi connectivity index (χ0n) is 12.9. The van der Waals surface area contributed by atoms with Crippen molar-refractivity contribution in [3.63, 3.8) is 0 Å². The number of hydrogen-bond donors (Lipinski definition) is 3. The molecule has 2 aromatic carbocycles. The van der Waals surface area contributed by atoms with Crippen LogP contribution in [0, 0.1) is 0 Å². The highest BCUT2D eigenvalue weighted by Gasteiger charge is 2.21. The van der Waals surface area contributed by atoms with Gasteiger partial charge in [-0.25, -0.2) is 0 Å². The number of phenolic OH excluding ortho intramolecular Hbond substituents is 3. The highest BCUT2D eigenvalue weighted by molar-refractivity contribution is 5.90. The lowest BCUT2D eigenvalue weighted by atomic mass is 10.1. The Morgan fingerprint density at radius 2 is 1.67 bits per heavy atom. The lowest BCUT2D eigenvalue weighted by molar-refractivity contribution is 0.334. The largest absolute Gasteiger partial charge is 0.507 e. The highest BCUT2D eigenvalue weighted by atomic mass is 16.5. The summed E-state index contributed by atoms with van der Waals surface area (Å²) in [6, 6.07) is 6.61. The van der Waals surface area contributed by atoms with Gasteiger partial charge in [-0.05, 0) is 12.1 Å². The summed E-state index contributed by atoms with van der Waals surface area (Å²) >= 11 is 0. The second-order valence-electron chi connectivity index (χ2n) is 4.98. The van der Waals surface area contributed by atoms with Gasteiger partial charge in [0, 0.05) is 12.1 Å². The summed E-state index contributed by atoms with van der Waals surface area (Å²) in [6.45, 7) is 0. The highest BCUT2D eigenvalue weighted by Crippen LogP contribution is 2.43. The first-order valence-corrected chi connectivity index (χ1v) is 6.91. The first kappa shape index (κ1) is 15.5. The van der Waals surface area contributed by atoms with Crippen LogP contribution >= 0.6 is 0 Å². The maximum Gasteiger partial charge on any atom is 0.204 e. The van der Waals surface area contributed by atoms with Crippen molar-refractivity contribution >= 4 is 11.0 Å². The van der Waals surface area contributed by atoms with Crippen LogP contribution < -0.4 is 14.9 Å². The van der Waals surface area contributed by atoms with Crippen LogP contribution in [0.5, 0.6) is 28.7 Å². The van der Waals surface area contributed by atoms with Crippen molar-refractivity contribution < 1.29 is 29.2 Å². The van der Waals surface area contributed by atoms with Crippen LogP contribution in [-0.2, 0) is 0 Å². The third-order valence-corrected chi connectivity index (χ3v) is 3.60. The van der Waals surface area contributed by atoms with Crippen LogP contribution in [0.2, 0.25) is 0 Å². The van der Waals surface area contributed by atoms with Crippen LogP contribution in [0.25, 0.3) is 22.3 Å². The van der Waals surface area contributed by atoms with Gasteiger partial charge >= 0.3 is 0 Å². The normalized spacial score (nSPS) is 10.8. The third kappa shape index (κ3) is 2.26. The second-order valence-corrected chi connectivity index (χ2v) is 4.98. The smallest absolute Gasteiger partial charge is 0.204 e. The molecule has 0 fully saturated rings. The Morgan fingerprint density at radius 3 is 2.25 bits per heavy atom. The molecule has 3 aromatic rings. The summed E-state index contributed by atoms with van der Waals surface area (Å²) in [6.07, 6.45) is 0. The molecule has 0 bridgehead atoms. The number of hydrogen-bond acceptors (Lipinski definition) is 7. The van der Waals surface area contributed by atoms with Gasteiger partial charge in [-0.15, -0.1) is 0 Å². The summed E-state index contributed by atoms with van der Waals surface area (Å²) in [5.74, 6) is -0.771. The minimum Gasteiger partial charge on any atom is -0.507 e. The van der Waals surface area contributed by atoms with E-state index in [1.165, 1.54) is 38.5 Å². The molecule has 24 heavy (non-hydrogen) atoms. The Morgan fingerprint density at radius 1 is 1.00 bits per heavy atom. The molecule has 0 spiro atoms. The van der Waals surface area contributed by atoms with Gasteiger partial charge in [-0.1, -0.05) is 6.07 Å². The molecule has 0 amide bonds. The van der Waals surface area contributed by atoms with E-state index >= 15 is 0 Å². The van der Waals surface area contributed by atoms with Crippen molar-refractivity contribution in [1.82, 2.24) is 0 Å². The lowest BCUT2D eigenvalue weighted by Crippen LogP contribution is -2.03. The molecular weight excluding hydrogens is 316 g/mol. The third-order valence-electron chi connectivity index (χ3n) is 3.60. The number of phenols is 3. The van der Waals surface area contributed by atoms with E-state index < -0.39 is 11.2 Å². The van der Waals surface area contributed by atoms with Crippen molar-refractivity contribution in [2.75, 3.05) is 14.2 Å². The molecule has 0 aliphatic rings. The molecule has 0 saturated heterocycles. The van der Waals surface area contributed by atoms with Crippen LogP contribution in [0.1, 0.15) is 0 Å². The second kappa shape index (κ2) is 5.69. The minimum absolute atomic E-state index is 0.00968. The Hall–Kier alpha value is -3.35. The number of rotatable bonds is 3. The fourth-order valence-electron chi connectivity index (χ4n) is 2.51. The van der Waals surface area contributed by atoms with Gasteiger partial charge < -0.3 is 29.2 Å². The van der Waals surface area contributed by atoms with E-state index in [9.17, 15) is 20.1 Å². The molecule has 1 aromatic heterocycles. The van der Waals surface area contributed by atoms with Crippen molar-refractivity contribution in [2.45, 2.75) is 0 Å². The Labute approximate surface area is 135 Å². The molecule has 1 heterocycles. The Bertz CT molecular complexity index is 968. The van der Waals surface area contributed by atoms with Gasteiger partial charge in [-0.2, -0.15) is 0 Å². The predicted octanol–water partition coefficient (Wildman–Crippen LogP) is 2.59. The van der Waals surface area contributed by atoms with Crippen molar-refractivity contribution in [3.8, 4) is 40.1 Å². The van der Waals surface area contributed by atoms with E-state index in [2.05, 4.69) is 0 Å².